The minimum Gasteiger partial charge on any atom is -0.306 e. The van der Waals surface area contributed by atoms with Gasteiger partial charge in [-0.3, -0.25) is 9.89 Å². The van der Waals surface area contributed by atoms with Gasteiger partial charge in [0.15, 0.2) is 0 Å². The fourth-order valence-corrected chi connectivity index (χ4v) is 2.02. The van der Waals surface area contributed by atoms with Crippen LogP contribution in [-0.2, 0) is 0 Å². The summed E-state index contributed by atoms with van der Waals surface area (Å²) in [6, 6.07) is 10.6. The third-order valence-electron chi connectivity index (χ3n) is 2.65. The number of H-pyrrole nitrogens is 1. The molecule has 0 spiro atoms. The van der Waals surface area contributed by atoms with Crippen molar-refractivity contribution in [3.05, 3.63) is 53.3 Å². The van der Waals surface area contributed by atoms with Crippen molar-refractivity contribution in [1.82, 2.24) is 15.2 Å². The van der Waals surface area contributed by atoms with Crippen LogP contribution in [0.3, 0.4) is 0 Å². The Labute approximate surface area is 113 Å². The number of amides is 1. The second-order valence-electron chi connectivity index (χ2n) is 3.93. The van der Waals surface area contributed by atoms with Crippen molar-refractivity contribution in [2.24, 2.45) is 0 Å². The van der Waals surface area contributed by atoms with Crippen molar-refractivity contribution in [3.8, 4) is 0 Å². The summed E-state index contributed by atoms with van der Waals surface area (Å²) in [5.41, 5.74) is 0.947. The molecule has 0 bridgehead atoms. The van der Waals surface area contributed by atoms with E-state index in [9.17, 15) is 4.79 Å². The highest BCUT2D eigenvalue weighted by Gasteiger charge is 2.11. The topological polar surface area (TPSA) is 70.7 Å². The van der Waals surface area contributed by atoms with Gasteiger partial charge in [-0.2, -0.15) is 5.10 Å². The van der Waals surface area contributed by atoms with E-state index >= 15 is 0 Å². The first-order valence-corrected chi connectivity index (χ1v) is 5.98. The zero-order chi connectivity index (χ0) is 13.2. The minimum absolute atomic E-state index is 0.262. The van der Waals surface area contributed by atoms with Crippen LogP contribution in [-0.4, -0.2) is 21.1 Å². The van der Waals surface area contributed by atoms with Gasteiger partial charge in [0, 0.05) is 11.5 Å². The van der Waals surface area contributed by atoms with E-state index in [1.165, 1.54) is 0 Å². The van der Waals surface area contributed by atoms with Crippen LogP contribution in [0.25, 0.3) is 10.9 Å². The highest BCUT2D eigenvalue weighted by atomic mass is 35.5. The van der Waals surface area contributed by atoms with Crippen molar-refractivity contribution in [3.63, 3.8) is 0 Å². The van der Waals surface area contributed by atoms with E-state index in [0.717, 1.165) is 5.39 Å². The summed E-state index contributed by atoms with van der Waals surface area (Å²) in [6.07, 6.45) is 1.55. The fraction of sp³-hybridized carbons (Fsp3) is 0. The second-order valence-corrected chi connectivity index (χ2v) is 4.34. The number of fused-ring (bicyclic) bond motifs is 1. The molecule has 3 rings (SSSR count). The molecule has 94 valence electrons. The van der Waals surface area contributed by atoms with Crippen molar-refractivity contribution in [1.29, 1.82) is 0 Å². The molecule has 1 amide bonds. The van der Waals surface area contributed by atoms with Gasteiger partial charge >= 0.3 is 0 Å². The number of halogens is 1. The first-order chi connectivity index (χ1) is 9.24. The predicted octanol–water partition coefficient (Wildman–Crippen LogP) is 2.86. The minimum atomic E-state index is -0.336. The summed E-state index contributed by atoms with van der Waals surface area (Å²) in [7, 11) is 0. The lowest BCUT2D eigenvalue weighted by Gasteiger charge is -2.05. The van der Waals surface area contributed by atoms with E-state index in [2.05, 4.69) is 20.5 Å². The summed E-state index contributed by atoms with van der Waals surface area (Å²) in [4.78, 5) is 16.3. The normalized spacial score (nSPS) is 10.6. The molecule has 0 aliphatic heterocycles. The zero-order valence-electron chi connectivity index (χ0n) is 9.72. The van der Waals surface area contributed by atoms with Gasteiger partial charge in [-0.1, -0.05) is 29.8 Å². The second kappa shape index (κ2) is 4.70. The van der Waals surface area contributed by atoms with Crippen LogP contribution in [0.15, 0.2) is 42.6 Å². The first-order valence-electron chi connectivity index (χ1n) is 5.60. The molecule has 2 heterocycles. The standard InChI is InChI=1S/C13H9ClN4O/c14-9-7-11(13(19)17-12-5-6-15-18-12)16-10-4-2-1-3-8(9)10/h1-7H,(H2,15,17,18,19). The maximum Gasteiger partial charge on any atom is 0.275 e. The molecule has 5 nitrogen and oxygen atoms in total. The Bertz CT molecular complexity index is 739. The lowest BCUT2D eigenvalue weighted by molar-refractivity contribution is 0.102. The zero-order valence-corrected chi connectivity index (χ0v) is 10.5. The van der Waals surface area contributed by atoms with E-state index in [0.29, 0.717) is 16.4 Å². The van der Waals surface area contributed by atoms with E-state index in [-0.39, 0.29) is 11.6 Å². The van der Waals surface area contributed by atoms with Crippen LogP contribution in [0.2, 0.25) is 5.02 Å². The Morgan fingerprint density at radius 3 is 2.89 bits per heavy atom. The van der Waals surface area contributed by atoms with Crippen molar-refractivity contribution < 1.29 is 4.79 Å². The lowest BCUT2D eigenvalue weighted by atomic mass is 10.2. The largest absolute Gasteiger partial charge is 0.306 e. The van der Waals surface area contributed by atoms with Crippen LogP contribution in [0, 0.1) is 0 Å². The van der Waals surface area contributed by atoms with Gasteiger partial charge in [-0.25, -0.2) is 4.98 Å². The summed E-state index contributed by atoms with van der Waals surface area (Å²) < 4.78 is 0. The molecular weight excluding hydrogens is 264 g/mol. The number of aromatic amines is 1. The van der Waals surface area contributed by atoms with Gasteiger partial charge < -0.3 is 5.32 Å². The van der Waals surface area contributed by atoms with E-state index < -0.39 is 0 Å². The van der Waals surface area contributed by atoms with E-state index in [1.54, 1.807) is 18.3 Å². The number of aromatic nitrogens is 3. The summed E-state index contributed by atoms with van der Waals surface area (Å²) >= 11 is 6.15. The number of nitrogens with zero attached hydrogens (tertiary/aromatic N) is 2. The SMILES string of the molecule is O=C(Nc1ccn[nH]1)c1cc(Cl)c2ccccc2n1. The number of hydrogen-bond acceptors (Lipinski definition) is 3. The smallest absolute Gasteiger partial charge is 0.275 e. The first kappa shape index (κ1) is 11.7. The molecule has 2 N–H and O–H groups in total. The molecule has 0 saturated carbocycles. The van der Waals surface area contributed by atoms with E-state index in [4.69, 9.17) is 11.6 Å². The van der Waals surface area contributed by atoms with Crippen LogP contribution in [0.4, 0.5) is 5.82 Å². The number of pyridine rings is 1. The summed E-state index contributed by atoms with van der Waals surface area (Å²) in [5.74, 6) is 0.174. The summed E-state index contributed by atoms with van der Waals surface area (Å²) in [6.45, 7) is 0. The van der Waals surface area contributed by atoms with Crippen LogP contribution >= 0.6 is 11.6 Å². The van der Waals surface area contributed by atoms with Crippen LogP contribution in [0.1, 0.15) is 10.5 Å². The third kappa shape index (κ3) is 2.28. The summed E-state index contributed by atoms with van der Waals surface area (Å²) in [5, 5.41) is 10.4. The Kier molecular flexibility index (Phi) is 2.89. The fourth-order valence-electron chi connectivity index (χ4n) is 1.76. The maximum absolute atomic E-state index is 12.0. The number of nitrogens with one attached hydrogen (secondary N) is 2. The molecule has 2 aromatic heterocycles. The number of carbonyl (C=O) groups is 1. The van der Waals surface area contributed by atoms with Gasteiger partial charge in [0.1, 0.15) is 11.5 Å². The number of para-hydroxylation sites is 1. The highest BCUT2D eigenvalue weighted by molar-refractivity contribution is 6.35. The number of benzene rings is 1. The average Bonchev–Trinajstić information content (AvgIpc) is 2.91. The Morgan fingerprint density at radius 1 is 1.26 bits per heavy atom. The number of hydrogen-bond donors (Lipinski definition) is 2. The average molecular weight is 273 g/mol. The molecule has 0 fully saturated rings. The highest BCUT2D eigenvalue weighted by Crippen LogP contribution is 2.23. The Hall–Kier alpha value is -2.40. The number of rotatable bonds is 2. The van der Waals surface area contributed by atoms with E-state index in [1.807, 2.05) is 24.3 Å². The molecule has 0 unspecified atom stereocenters. The molecule has 1 aromatic carbocycles. The molecule has 0 aliphatic rings. The predicted molar refractivity (Wildman–Crippen MR) is 73.3 cm³/mol. The van der Waals surface area contributed by atoms with Gasteiger partial charge in [0.2, 0.25) is 0 Å². The Morgan fingerprint density at radius 2 is 2.11 bits per heavy atom. The third-order valence-corrected chi connectivity index (χ3v) is 2.96. The lowest BCUT2D eigenvalue weighted by Crippen LogP contribution is -2.14. The molecule has 0 radical (unpaired) electrons. The molecule has 0 atom stereocenters. The number of carbonyl (C=O) groups excluding carboxylic acids is 1. The molecule has 3 aromatic rings. The quantitative estimate of drug-likeness (QED) is 0.753. The van der Waals surface area contributed by atoms with Gasteiger partial charge in [-0.15, -0.1) is 0 Å². The van der Waals surface area contributed by atoms with Crippen LogP contribution in [0.5, 0.6) is 0 Å². The molecule has 0 aliphatic carbocycles. The van der Waals surface area contributed by atoms with Gasteiger partial charge in [-0.05, 0) is 12.1 Å². The van der Waals surface area contributed by atoms with Gasteiger partial charge in [0.05, 0.1) is 16.7 Å². The van der Waals surface area contributed by atoms with Gasteiger partial charge in [0.25, 0.3) is 5.91 Å². The maximum atomic E-state index is 12.0. The molecule has 19 heavy (non-hydrogen) atoms. The molecule has 0 saturated heterocycles. The Balaban J connectivity index is 1.98. The molecular formula is C13H9ClN4O. The monoisotopic (exact) mass is 272 g/mol. The van der Waals surface area contributed by atoms with Crippen molar-refractivity contribution in [2.75, 3.05) is 5.32 Å². The van der Waals surface area contributed by atoms with Crippen molar-refractivity contribution >= 4 is 34.2 Å². The molecule has 6 heteroatoms. The number of anilines is 1. The van der Waals surface area contributed by atoms with Crippen molar-refractivity contribution in [2.45, 2.75) is 0 Å². The van der Waals surface area contributed by atoms with Crippen LogP contribution < -0.4 is 5.32 Å².